The zero-order chi connectivity index (χ0) is 20.6. The Bertz CT molecular complexity index is 1010. The van der Waals surface area contributed by atoms with Crippen molar-refractivity contribution in [3.63, 3.8) is 0 Å². The minimum atomic E-state index is -0.561. The molecule has 2 bridgehead atoms. The van der Waals surface area contributed by atoms with Gasteiger partial charge in [-0.3, -0.25) is 0 Å². The number of allylic oxidation sites excluding steroid dienone is 1. The first-order valence-electron chi connectivity index (χ1n) is 11.2. The minimum Gasteiger partial charge on any atom is -0.389 e. The molecule has 2 aromatic carbocycles. The highest BCUT2D eigenvalue weighted by Crippen LogP contribution is 2.51. The molecular formula is C26H31N3O. The summed E-state index contributed by atoms with van der Waals surface area (Å²) in [6.07, 6.45) is 7.32. The average Bonchev–Trinajstić information content (AvgIpc) is 3.20. The monoisotopic (exact) mass is 401 g/mol. The van der Waals surface area contributed by atoms with Gasteiger partial charge in [-0.05, 0) is 61.9 Å². The molecule has 3 aliphatic carbocycles. The Kier molecular flexibility index (Phi) is 5.21. The van der Waals surface area contributed by atoms with Gasteiger partial charge in [0.2, 0.25) is 0 Å². The van der Waals surface area contributed by atoms with Crippen molar-refractivity contribution in [1.82, 2.24) is 14.9 Å². The van der Waals surface area contributed by atoms with E-state index in [1.54, 1.807) is 0 Å². The van der Waals surface area contributed by atoms with Crippen LogP contribution in [0.4, 0.5) is 0 Å². The topological polar surface area (TPSA) is 52.2 Å². The molecule has 2 N–H and O–H groups in total. The third-order valence-electron chi connectivity index (χ3n) is 7.14. The molecule has 4 nitrogen and oxygen atoms in total. The maximum atomic E-state index is 11.5. The normalized spacial score (nSPS) is 25.8. The summed E-state index contributed by atoms with van der Waals surface area (Å²) < 4.78 is 0. The van der Waals surface area contributed by atoms with Crippen LogP contribution in [0.1, 0.15) is 37.1 Å². The number of aliphatic hydroxyl groups is 1. The lowest BCUT2D eigenvalue weighted by atomic mass is 9.61. The van der Waals surface area contributed by atoms with Crippen LogP contribution in [0, 0.1) is 11.8 Å². The van der Waals surface area contributed by atoms with E-state index in [4.69, 9.17) is 0 Å². The van der Waals surface area contributed by atoms with Crippen LogP contribution in [0.25, 0.3) is 16.6 Å². The van der Waals surface area contributed by atoms with E-state index in [0.717, 1.165) is 55.6 Å². The Hall–Kier alpha value is -2.43. The van der Waals surface area contributed by atoms with Crippen molar-refractivity contribution in [3.05, 3.63) is 72.1 Å². The van der Waals surface area contributed by atoms with E-state index in [1.165, 1.54) is 17.6 Å². The van der Waals surface area contributed by atoms with E-state index in [9.17, 15) is 5.11 Å². The largest absolute Gasteiger partial charge is 0.389 e. The fourth-order valence-electron chi connectivity index (χ4n) is 5.35. The molecule has 3 aliphatic rings. The molecule has 3 aromatic rings. The molecule has 0 unspecified atom stereocenters. The molecule has 30 heavy (non-hydrogen) atoms. The molecule has 6 rings (SSSR count). The number of hydrogen-bond acceptors (Lipinski definition) is 3. The van der Waals surface area contributed by atoms with E-state index in [-0.39, 0.29) is 5.92 Å². The van der Waals surface area contributed by atoms with Crippen molar-refractivity contribution in [3.8, 4) is 0 Å². The highest BCUT2D eigenvalue weighted by molar-refractivity contribution is 5.74. The van der Waals surface area contributed by atoms with Gasteiger partial charge in [-0.1, -0.05) is 48.5 Å². The van der Waals surface area contributed by atoms with Crippen molar-refractivity contribution < 1.29 is 5.11 Å². The number of rotatable bonds is 7. The maximum absolute atomic E-state index is 11.5. The highest BCUT2D eigenvalue weighted by Gasteiger charge is 2.46. The van der Waals surface area contributed by atoms with Gasteiger partial charge in [0.15, 0.2) is 0 Å². The van der Waals surface area contributed by atoms with Crippen LogP contribution in [-0.2, 0) is 6.42 Å². The number of nitrogens with zero attached hydrogens (tertiary/aromatic N) is 2. The Morgan fingerprint density at radius 2 is 1.87 bits per heavy atom. The van der Waals surface area contributed by atoms with Crippen LogP contribution in [-0.4, -0.2) is 45.7 Å². The van der Waals surface area contributed by atoms with E-state index in [1.807, 2.05) is 18.2 Å². The number of aromatic amines is 1. The van der Waals surface area contributed by atoms with Gasteiger partial charge in [0.1, 0.15) is 5.82 Å². The van der Waals surface area contributed by atoms with Gasteiger partial charge in [0.05, 0.1) is 16.6 Å². The molecule has 0 amide bonds. The van der Waals surface area contributed by atoms with Gasteiger partial charge in [-0.25, -0.2) is 4.98 Å². The second-order valence-corrected chi connectivity index (χ2v) is 9.18. The van der Waals surface area contributed by atoms with E-state index in [0.29, 0.717) is 5.92 Å². The zero-order valence-corrected chi connectivity index (χ0v) is 17.7. The molecule has 4 heteroatoms. The van der Waals surface area contributed by atoms with Crippen molar-refractivity contribution in [2.75, 3.05) is 20.1 Å². The SMILES string of the molecule is CN(CCc1nc2ccccc2[nH]1)CC[C@]1(O)C[C@H]2CC[C@H]1C=C2c1ccccc1. The third kappa shape index (κ3) is 3.82. The van der Waals surface area contributed by atoms with Gasteiger partial charge >= 0.3 is 0 Å². The summed E-state index contributed by atoms with van der Waals surface area (Å²) in [7, 11) is 2.15. The summed E-state index contributed by atoms with van der Waals surface area (Å²) in [6.45, 7) is 1.85. The standard InChI is InChI=1S/C26H31N3O/c1-29(15-13-25-27-23-9-5-6-10-24(23)28-25)16-14-26(30)18-20-11-12-21(26)17-22(20)19-7-3-2-4-8-19/h2-10,17,20-21,30H,11-16,18H2,1H3,(H,27,28)/t20-,21+,26+/m1/s1. The first-order valence-corrected chi connectivity index (χ1v) is 11.2. The van der Waals surface area contributed by atoms with E-state index in [2.05, 4.69) is 64.4 Å². The summed E-state index contributed by atoms with van der Waals surface area (Å²) in [5.74, 6) is 1.80. The molecule has 0 radical (unpaired) electrons. The molecule has 1 saturated carbocycles. The number of nitrogens with one attached hydrogen (secondary N) is 1. The molecule has 0 aliphatic heterocycles. The van der Waals surface area contributed by atoms with Crippen molar-refractivity contribution in [1.29, 1.82) is 0 Å². The van der Waals surface area contributed by atoms with Crippen LogP contribution in [0.2, 0.25) is 0 Å². The predicted octanol–water partition coefficient (Wildman–Crippen LogP) is 4.67. The van der Waals surface area contributed by atoms with Gasteiger partial charge in [0.25, 0.3) is 0 Å². The summed E-state index contributed by atoms with van der Waals surface area (Å²) >= 11 is 0. The second kappa shape index (κ2) is 8.01. The maximum Gasteiger partial charge on any atom is 0.108 e. The molecule has 1 fully saturated rings. The van der Waals surface area contributed by atoms with Gasteiger partial charge in [-0.15, -0.1) is 0 Å². The number of H-pyrrole nitrogens is 1. The molecule has 1 heterocycles. The Labute approximate surface area is 178 Å². The number of fused-ring (bicyclic) bond motifs is 3. The third-order valence-corrected chi connectivity index (χ3v) is 7.14. The highest BCUT2D eigenvalue weighted by atomic mass is 16.3. The van der Waals surface area contributed by atoms with Crippen molar-refractivity contribution in [2.24, 2.45) is 11.8 Å². The number of benzene rings is 2. The fraction of sp³-hybridized carbons (Fsp3) is 0.423. The van der Waals surface area contributed by atoms with Crippen molar-refractivity contribution in [2.45, 2.75) is 37.7 Å². The van der Waals surface area contributed by atoms with Crippen LogP contribution < -0.4 is 0 Å². The first kappa shape index (κ1) is 19.5. The number of aromatic nitrogens is 2. The summed E-state index contributed by atoms with van der Waals surface area (Å²) in [5, 5.41) is 11.5. The van der Waals surface area contributed by atoms with Gasteiger partial charge in [-0.2, -0.15) is 0 Å². The quantitative estimate of drug-likeness (QED) is 0.605. The predicted molar refractivity (Wildman–Crippen MR) is 122 cm³/mol. The van der Waals surface area contributed by atoms with Crippen LogP contribution in [0.3, 0.4) is 0 Å². The van der Waals surface area contributed by atoms with E-state index < -0.39 is 5.60 Å². The Balaban J connectivity index is 1.18. The molecule has 0 saturated heterocycles. The van der Waals surface area contributed by atoms with Crippen molar-refractivity contribution >= 4 is 16.6 Å². The second-order valence-electron chi connectivity index (χ2n) is 9.18. The first-order chi connectivity index (χ1) is 14.6. The van der Waals surface area contributed by atoms with Crippen LogP contribution in [0.15, 0.2) is 60.7 Å². The zero-order valence-electron chi connectivity index (χ0n) is 17.7. The fourth-order valence-corrected chi connectivity index (χ4v) is 5.35. The number of likely N-dealkylation sites (N-methyl/N-ethyl adjacent to an activating group) is 1. The Morgan fingerprint density at radius 3 is 2.63 bits per heavy atom. The summed E-state index contributed by atoms with van der Waals surface area (Å²) in [6, 6.07) is 18.9. The molecule has 156 valence electrons. The summed E-state index contributed by atoms with van der Waals surface area (Å²) in [4.78, 5) is 10.4. The molecule has 1 aromatic heterocycles. The number of imidazole rings is 1. The molecule has 3 atom stereocenters. The average molecular weight is 402 g/mol. The summed E-state index contributed by atoms with van der Waals surface area (Å²) in [5.41, 5.74) is 4.36. The lowest BCUT2D eigenvalue weighted by Crippen LogP contribution is -2.48. The van der Waals surface area contributed by atoms with Gasteiger partial charge in [0, 0.05) is 25.4 Å². The number of hydrogen-bond donors (Lipinski definition) is 2. The molecular weight excluding hydrogens is 370 g/mol. The van der Waals surface area contributed by atoms with Crippen LogP contribution in [0.5, 0.6) is 0 Å². The minimum absolute atomic E-state index is 0.279. The lowest BCUT2D eigenvalue weighted by molar-refractivity contribution is -0.0574. The smallest absolute Gasteiger partial charge is 0.108 e. The Morgan fingerprint density at radius 1 is 1.07 bits per heavy atom. The molecule has 0 spiro atoms. The van der Waals surface area contributed by atoms with E-state index >= 15 is 0 Å². The lowest BCUT2D eigenvalue weighted by Gasteiger charge is -2.48. The van der Waals surface area contributed by atoms with Crippen LogP contribution >= 0.6 is 0 Å². The number of para-hydroxylation sites is 2. The van der Waals surface area contributed by atoms with Gasteiger partial charge < -0.3 is 15.0 Å².